The van der Waals surface area contributed by atoms with Crippen molar-refractivity contribution in [1.29, 1.82) is 0 Å². The molecule has 0 aromatic heterocycles. The largest absolute Gasteiger partial charge is 0.493 e. The Labute approximate surface area is 122 Å². The highest BCUT2D eigenvalue weighted by molar-refractivity contribution is 5.47. The lowest BCUT2D eigenvalue weighted by atomic mass is 10.1. The first-order valence-electron chi connectivity index (χ1n) is 6.49. The Morgan fingerprint density at radius 2 is 1.90 bits per heavy atom. The Morgan fingerprint density at radius 3 is 2.52 bits per heavy atom. The summed E-state index contributed by atoms with van der Waals surface area (Å²) in [4.78, 5) is 0. The molecule has 2 aromatic carbocycles. The van der Waals surface area contributed by atoms with Crippen LogP contribution < -0.4 is 9.47 Å². The van der Waals surface area contributed by atoms with Crippen molar-refractivity contribution < 1.29 is 24.1 Å². The van der Waals surface area contributed by atoms with Gasteiger partial charge in [0.1, 0.15) is 11.6 Å². The molecule has 0 radical (unpaired) electrons. The summed E-state index contributed by atoms with van der Waals surface area (Å²) < 4.78 is 24.7. The lowest BCUT2D eigenvalue weighted by Gasteiger charge is -2.16. The lowest BCUT2D eigenvalue weighted by molar-refractivity contribution is 0.190. The molecule has 1 atom stereocenters. The molecule has 1 unspecified atom stereocenters. The van der Waals surface area contributed by atoms with Gasteiger partial charge in [0.05, 0.1) is 25.4 Å². The van der Waals surface area contributed by atoms with Crippen LogP contribution in [0.15, 0.2) is 36.4 Å². The minimum absolute atomic E-state index is 0.0887. The van der Waals surface area contributed by atoms with E-state index in [1.54, 1.807) is 24.3 Å². The fourth-order valence-corrected chi connectivity index (χ4v) is 2.02. The topological polar surface area (TPSA) is 58.9 Å². The number of hydrogen-bond acceptors (Lipinski definition) is 4. The zero-order valence-corrected chi connectivity index (χ0v) is 11.8. The van der Waals surface area contributed by atoms with E-state index in [4.69, 9.17) is 14.6 Å². The van der Waals surface area contributed by atoms with Crippen LogP contribution in [0, 0.1) is 5.82 Å². The Balaban J connectivity index is 2.41. The predicted octanol–water partition coefficient (Wildman–Crippen LogP) is 3.17. The molecule has 2 aromatic rings. The maximum absolute atomic E-state index is 13.8. The van der Waals surface area contributed by atoms with Crippen LogP contribution in [0.1, 0.15) is 24.2 Å². The van der Waals surface area contributed by atoms with Crippen LogP contribution in [0.5, 0.6) is 17.2 Å². The van der Waals surface area contributed by atoms with Crippen LogP contribution in [-0.4, -0.2) is 17.3 Å². The second-order valence-corrected chi connectivity index (χ2v) is 4.57. The van der Waals surface area contributed by atoms with Gasteiger partial charge in [0.2, 0.25) is 0 Å². The van der Waals surface area contributed by atoms with Gasteiger partial charge in [0.25, 0.3) is 0 Å². The van der Waals surface area contributed by atoms with Gasteiger partial charge in [-0.15, -0.1) is 0 Å². The highest BCUT2D eigenvalue weighted by atomic mass is 19.1. The van der Waals surface area contributed by atoms with Crippen LogP contribution >= 0.6 is 0 Å². The van der Waals surface area contributed by atoms with Crippen molar-refractivity contribution in [3.05, 3.63) is 53.3 Å². The molecule has 0 heterocycles. The lowest BCUT2D eigenvalue weighted by Crippen LogP contribution is -2.01. The maximum atomic E-state index is 13.8. The minimum Gasteiger partial charge on any atom is -0.493 e. The molecule has 0 spiro atoms. The number of methoxy groups -OCH3 is 1. The van der Waals surface area contributed by atoms with Crippen molar-refractivity contribution in [2.75, 3.05) is 7.11 Å². The number of aliphatic hydroxyl groups excluding tert-OH is 2. The summed E-state index contributed by atoms with van der Waals surface area (Å²) in [5.41, 5.74) is 0.764. The molecule has 112 valence electrons. The second-order valence-electron chi connectivity index (χ2n) is 4.57. The van der Waals surface area contributed by atoms with Crippen LogP contribution in [0.2, 0.25) is 0 Å². The molecule has 0 amide bonds. The molecule has 0 bridgehead atoms. The van der Waals surface area contributed by atoms with Gasteiger partial charge in [-0.05, 0) is 36.8 Å². The summed E-state index contributed by atoms with van der Waals surface area (Å²) >= 11 is 0. The first kappa shape index (κ1) is 15.3. The molecule has 0 saturated carbocycles. The fraction of sp³-hybridized carbons (Fsp3) is 0.250. The van der Waals surface area contributed by atoms with E-state index < -0.39 is 11.9 Å². The molecule has 0 aliphatic rings. The summed E-state index contributed by atoms with van der Waals surface area (Å²) in [5, 5.41) is 18.8. The Kier molecular flexibility index (Phi) is 4.77. The number of hydrogen-bond donors (Lipinski definition) is 2. The summed E-state index contributed by atoms with van der Waals surface area (Å²) in [6.45, 7) is 1.35. The molecule has 4 nitrogen and oxygen atoms in total. The van der Waals surface area contributed by atoms with E-state index in [0.29, 0.717) is 17.1 Å². The van der Waals surface area contributed by atoms with E-state index in [2.05, 4.69) is 0 Å². The van der Waals surface area contributed by atoms with Gasteiger partial charge in [0.15, 0.2) is 11.5 Å². The zero-order valence-electron chi connectivity index (χ0n) is 11.8. The van der Waals surface area contributed by atoms with E-state index in [9.17, 15) is 9.50 Å². The Hall–Kier alpha value is -2.11. The van der Waals surface area contributed by atoms with Crippen molar-refractivity contribution in [3.63, 3.8) is 0 Å². The maximum Gasteiger partial charge on any atom is 0.169 e. The molecule has 5 heteroatoms. The summed E-state index contributed by atoms with van der Waals surface area (Å²) in [7, 11) is 1.48. The molecule has 0 aliphatic carbocycles. The van der Waals surface area contributed by atoms with Gasteiger partial charge in [-0.1, -0.05) is 12.1 Å². The third-order valence-corrected chi connectivity index (χ3v) is 3.06. The Morgan fingerprint density at radius 1 is 1.14 bits per heavy atom. The zero-order chi connectivity index (χ0) is 15.4. The average Bonchev–Trinajstić information content (AvgIpc) is 2.47. The predicted molar refractivity (Wildman–Crippen MR) is 76.0 cm³/mol. The van der Waals surface area contributed by atoms with Crippen LogP contribution in [0.25, 0.3) is 0 Å². The SMILES string of the molecule is COc1cc(CO)ccc1Oc1cccc(F)c1C(C)O. The highest BCUT2D eigenvalue weighted by Gasteiger charge is 2.16. The van der Waals surface area contributed by atoms with Gasteiger partial charge in [-0.25, -0.2) is 4.39 Å². The fourth-order valence-electron chi connectivity index (χ4n) is 2.02. The van der Waals surface area contributed by atoms with E-state index in [1.165, 1.54) is 26.2 Å². The monoisotopic (exact) mass is 292 g/mol. The van der Waals surface area contributed by atoms with Gasteiger partial charge in [-0.3, -0.25) is 0 Å². The van der Waals surface area contributed by atoms with Crippen molar-refractivity contribution in [2.24, 2.45) is 0 Å². The standard InChI is InChI=1S/C16H17FO4/c1-10(19)16-12(17)4-3-5-14(16)21-13-7-6-11(9-18)8-15(13)20-2/h3-8,10,18-19H,9H2,1-2H3. The second kappa shape index (κ2) is 6.56. The van der Waals surface area contributed by atoms with Crippen molar-refractivity contribution >= 4 is 0 Å². The molecule has 0 fully saturated rings. The van der Waals surface area contributed by atoms with E-state index in [-0.39, 0.29) is 17.9 Å². The molecule has 0 aliphatic heterocycles. The van der Waals surface area contributed by atoms with E-state index in [0.717, 1.165) is 0 Å². The smallest absolute Gasteiger partial charge is 0.169 e. The number of benzene rings is 2. The first-order valence-corrected chi connectivity index (χ1v) is 6.49. The Bertz CT molecular complexity index is 626. The third kappa shape index (κ3) is 3.32. The van der Waals surface area contributed by atoms with E-state index in [1.807, 2.05) is 0 Å². The molecule has 0 saturated heterocycles. The number of ether oxygens (including phenoxy) is 2. The highest BCUT2D eigenvalue weighted by Crippen LogP contribution is 2.36. The van der Waals surface area contributed by atoms with Crippen LogP contribution in [-0.2, 0) is 6.61 Å². The number of aliphatic hydroxyl groups is 2. The average molecular weight is 292 g/mol. The van der Waals surface area contributed by atoms with Crippen molar-refractivity contribution in [2.45, 2.75) is 19.6 Å². The minimum atomic E-state index is -0.996. The van der Waals surface area contributed by atoms with Crippen LogP contribution in [0.4, 0.5) is 4.39 Å². The summed E-state index contributed by atoms with van der Waals surface area (Å²) in [6, 6.07) is 9.29. The molecule has 2 N–H and O–H groups in total. The van der Waals surface area contributed by atoms with Gasteiger partial charge >= 0.3 is 0 Å². The molecular weight excluding hydrogens is 275 g/mol. The normalized spacial score (nSPS) is 12.0. The van der Waals surface area contributed by atoms with E-state index >= 15 is 0 Å². The van der Waals surface area contributed by atoms with Gasteiger partial charge in [0, 0.05) is 0 Å². The molecular formula is C16H17FO4. The number of halogens is 1. The summed E-state index contributed by atoms with van der Waals surface area (Å²) in [5.74, 6) is 0.484. The molecule has 21 heavy (non-hydrogen) atoms. The third-order valence-electron chi connectivity index (χ3n) is 3.06. The van der Waals surface area contributed by atoms with Crippen molar-refractivity contribution in [3.8, 4) is 17.2 Å². The van der Waals surface area contributed by atoms with Crippen LogP contribution in [0.3, 0.4) is 0 Å². The number of rotatable bonds is 5. The quantitative estimate of drug-likeness (QED) is 0.888. The van der Waals surface area contributed by atoms with Gasteiger partial charge < -0.3 is 19.7 Å². The molecule has 2 rings (SSSR count). The van der Waals surface area contributed by atoms with Gasteiger partial charge in [-0.2, -0.15) is 0 Å². The first-order chi connectivity index (χ1) is 10.1. The summed E-state index contributed by atoms with van der Waals surface area (Å²) in [6.07, 6.45) is -0.996. The van der Waals surface area contributed by atoms with Crippen molar-refractivity contribution in [1.82, 2.24) is 0 Å².